The Labute approximate surface area is 231 Å². The van der Waals surface area contributed by atoms with Gasteiger partial charge >= 0.3 is 6.03 Å². The minimum Gasteiger partial charge on any atom is -0.488 e. The van der Waals surface area contributed by atoms with Crippen LogP contribution in [0.4, 0.5) is 16.2 Å². The van der Waals surface area contributed by atoms with Gasteiger partial charge in [-0.1, -0.05) is 77.3 Å². The molecule has 4 aromatic rings. The first kappa shape index (κ1) is 25.9. The van der Waals surface area contributed by atoms with Gasteiger partial charge in [-0.05, 0) is 68.0 Å². The van der Waals surface area contributed by atoms with Crippen molar-refractivity contribution in [1.82, 2.24) is 0 Å². The van der Waals surface area contributed by atoms with Crippen LogP contribution in [0.15, 0.2) is 103 Å². The molecule has 0 spiro atoms. The maximum absolute atomic E-state index is 13.7. The monoisotopic (exact) mass is 536 g/mol. The van der Waals surface area contributed by atoms with Crippen molar-refractivity contribution in [3.63, 3.8) is 0 Å². The highest BCUT2D eigenvalue weighted by molar-refractivity contribution is 6.46. The van der Waals surface area contributed by atoms with Gasteiger partial charge in [0.05, 0.1) is 11.4 Å². The average Bonchev–Trinajstić information content (AvgIpc) is 2.91. The average molecular weight is 537 g/mol. The van der Waals surface area contributed by atoms with Crippen molar-refractivity contribution in [2.45, 2.75) is 20.5 Å². The molecule has 7 heteroatoms. The Morgan fingerprint density at radius 2 is 1.26 bits per heavy atom. The maximum Gasteiger partial charge on any atom is 0.343 e. The number of para-hydroxylation sites is 2. The van der Waals surface area contributed by atoms with Crippen molar-refractivity contribution in [3.8, 4) is 5.75 Å². The molecule has 0 aromatic heterocycles. The summed E-state index contributed by atoms with van der Waals surface area (Å²) >= 11 is 6.31. The number of imide groups is 2. The largest absolute Gasteiger partial charge is 0.488 e. The highest BCUT2D eigenvalue weighted by Gasteiger charge is 2.43. The molecule has 1 saturated heterocycles. The van der Waals surface area contributed by atoms with Crippen molar-refractivity contribution >= 4 is 46.9 Å². The maximum atomic E-state index is 13.7. The topological polar surface area (TPSA) is 66.9 Å². The van der Waals surface area contributed by atoms with Crippen LogP contribution in [0.1, 0.15) is 22.3 Å². The third kappa shape index (κ3) is 5.47. The summed E-state index contributed by atoms with van der Waals surface area (Å²) in [5, 5.41) is 0.409. The second-order valence-electron chi connectivity index (χ2n) is 9.26. The highest BCUT2D eigenvalue weighted by atomic mass is 35.5. The lowest BCUT2D eigenvalue weighted by molar-refractivity contribution is -0.121. The molecule has 4 amide bonds. The van der Waals surface area contributed by atoms with E-state index in [4.69, 9.17) is 16.3 Å². The number of aryl methyl sites for hydroxylation is 2. The van der Waals surface area contributed by atoms with Crippen LogP contribution in [0, 0.1) is 13.8 Å². The number of urea groups is 1. The van der Waals surface area contributed by atoms with Gasteiger partial charge in [-0.15, -0.1) is 0 Å². The second kappa shape index (κ2) is 11.0. The van der Waals surface area contributed by atoms with Crippen LogP contribution in [-0.2, 0) is 16.2 Å². The van der Waals surface area contributed by atoms with Crippen molar-refractivity contribution in [2.75, 3.05) is 9.80 Å². The first-order valence-corrected chi connectivity index (χ1v) is 12.7. The number of ether oxygens (including phenoxy) is 1. The molecule has 4 aromatic carbocycles. The first-order chi connectivity index (χ1) is 18.8. The molecule has 0 N–H and O–H groups in total. The third-order valence-electron chi connectivity index (χ3n) is 6.23. The molecule has 0 aliphatic carbocycles. The van der Waals surface area contributed by atoms with E-state index in [2.05, 4.69) is 6.07 Å². The Balaban J connectivity index is 1.57. The van der Waals surface area contributed by atoms with Crippen molar-refractivity contribution in [2.24, 2.45) is 0 Å². The van der Waals surface area contributed by atoms with Gasteiger partial charge in [0, 0.05) is 10.6 Å². The summed E-state index contributed by atoms with van der Waals surface area (Å²) in [5.41, 5.74) is 4.18. The number of hydrogen-bond donors (Lipinski definition) is 0. The molecule has 1 aliphatic heterocycles. The first-order valence-electron chi connectivity index (χ1n) is 12.4. The van der Waals surface area contributed by atoms with Gasteiger partial charge in [0.25, 0.3) is 11.8 Å². The van der Waals surface area contributed by atoms with Gasteiger partial charge in [-0.2, -0.15) is 0 Å². The van der Waals surface area contributed by atoms with Crippen LogP contribution in [0.5, 0.6) is 5.75 Å². The molecule has 194 valence electrons. The zero-order chi connectivity index (χ0) is 27.5. The van der Waals surface area contributed by atoms with E-state index >= 15 is 0 Å². The predicted octanol–water partition coefficient (Wildman–Crippen LogP) is 7.12. The standard InChI is InChI=1S/C32H25ClN2O4/c1-21-15-22(2)17-23(16-21)20-39-29-14-13-25(33)18-24(29)19-28-30(36)34(26-9-5-3-6-10-26)32(38)35(31(28)37)27-11-7-4-8-12-27/h3-19H,20H2,1-2H3. The number of rotatable bonds is 6. The fourth-order valence-corrected chi connectivity index (χ4v) is 4.75. The number of barbiturate groups is 1. The number of benzene rings is 4. The number of hydrogen-bond acceptors (Lipinski definition) is 4. The molecule has 5 rings (SSSR count). The number of carbonyl (C=O) groups is 3. The number of halogens is 1. The second-order valence-corrected chi connectivity index (χ2v) is 9.70. The number of nitrogens with zero attached hydrogens (tertiary/aromatic N) is 2. The summed E-state index contributed by atoms with van der Waals surface area (Å²) in [6.45, 7) is 4.33. The van der Waals surface area contributed by atoms with Gasteiger partial charge < -0.3 is 4.74 Å². The minimum atomic E-state index is -0.753. The van der Waals surface area contributed by atoms with Gasteiger partial charge in [0.2, 0.25) is 0 Å². The van der Waals surface area contributed by atoms with Crippen LogP contribution in [-0.4, -0.2) is 17.8 Å². The summed E-state index contributed by atoms with van der Waals surface area (Å²) in [7, 11) is 0. The van der Waals surface area contributed by atoms with Crippen molar-refractivity contribution < 1.29 is 19.1 Å². The normalized spacial score (nSPS) is 13.6. The van der Waals surface area contributed by atoms with Crippen LogP contribution < -0.4 is 14.5 Å². The predicted molar refractivity (Wildman–Crippen MR) is 153 cm³/mol. The quantitative estimate of drug-likeness (QED) is 0.194. The van der Waals surface area contributed by atoms with E-state index in [1.807, 2.05) is 26.0 Å². The van der Waals surface area contributed by atoms with Crippen LogP contribution in [0.3, 0.4) is 0 Å². The minimum absolute atomic E-state index is 0.194. The summed E-state index contributed by atoms with van der Waals surface area (Å²) in [6.07, 6.45) is 1.44. The van der Waals surface area contributed by atoms with E-state index in [0.717, 1.165) is 26.5 Å². The van der Waals surface area contributed by atoms with Crippen molar-refractivity contribution in [1.29, 1.82) is 0 Å². The van der Waals surface area contributed by atoms with Crippen LogP contribution in [0.2, 0.25) is 5.02 Å². The fourth-order valence-electron chi connectivity index (χ4n) is 4.57. The van der Waals surface area contributed by atoms with E-state index in [1.54, 1.807) is 78.9 Å². The van der Waals surface area contributed by atoms with Gasteiger partial charge in [0.1, 0.15) is 17.9 Å². The Hall–Kier alpha value is -4.68. The van der Waals surface area contributed by atoms with E-state index in [-0.39, 0.29) is 12.2 Å². The molecule has 39 heavy (non-hydrogen) atoms. The molecule has 1 fully saturated rings. The lowest BCUT2D eigenvalue weighted by atomic mass is 10.0. The molecule has 0 atom stereocenters. The van der Waals surface area contributed by atoms with E-state index in [9.17, 15) is 14.4 Å². The Morgan fingerprint density at radius 1 is 0.718 bits per heavy atom. The molecule has 0 unspecified atom stereocenters. The van der Waals surface area contributed by atoms with Crippen molar-refractivity contribution in [3.05, 3.63) is 130 Å². The van der Waals surface area contributed by atoms with E-state index < -0.39 is 17.8 Å². The summed E-state index contributed by atoms with van der Waals surface area (Å²) in [6, 6.07) is 27.4. The highest BCUT2D eigenvalue weighted by Crippen LogP contribution is 2.32. The Bertz CT molecular complexity index is 1520. The van der Waals surface area contributed by atoms with E-state index in [0.29, 0.717) is 27.7 Å². The number of carbonyl (C=O) groups excluding carboxylic acids is 3. The lowest BCUT2D eigenvalue weighted by Crippen LogP contribution is -2.57. The number of amides is 4. The molecule has 0 radical (unpaired) electrons. The molecule has 6 nitrogen and oxygen atoms in total. The summed E-state index contributed by atoms with van der Waals surface area (Å²) < 4.78 is 6.12. The van der Waals surface area contributed by atoms with Gasteiger partial charge in [-0.25, -0.2) is 14.6 Å². The Morgan fingerprint density at radius 3 is 1.79 bits per heavy atom. The SMILES string of the molecule is Cc1cc(C)cc(COc2ccc(Cl)cc2C=C2C(=O)N(c3ccccc3)C(=O)N(c3ccccc3)C2=O)c1. The zero-order valence-electron chi connectivity index (χ0n) is 21.4. The zero-order valence-corrected chi connectivity index (χ0v) is 22.2. The summed E-state index contributed by atoms with van der Waals surface area (Å²) in [5.74, 6) is -1.02. The summed E-state index contributed by atoms with van der Waals surface area (Å²) in [4.78, 5) is 42.9. The van der Waals surface area contributed by atoms with Gasteiger partial charge in [0.15, 0.2) is 0 Å². The fraction of sp³-hybridized carbons (Fsp3) is 0.0938. The molecule has 1 heterocycles. The van der Waals surface area contributed by atoms with Gasteiger partial charge in [-0.3, -0.25) is 9.59 Å². The molecular weight excluding hydrogens is 512 g/mol. The van der Waals surface area contributed by atoms with Crippen LogP contribution >= 0.6 is 11.6 Å². The number of anilines is 2. The Kier molecular flexibility index (Phi) is 7.30. The molecule has 0 saturated carbocycles. The van der Waals surface area contributed by atoms with E-state index in [1.165, 1.54) is 6.08 Å². The lowest BCUT2D eigenvalue weighted by Gasteiger charge is -2.34. The third-order valence-corrected chi connectivity index (χ3v) is 6.46. The van der Waals surface area contributed by atoms with Crippen LogP contribution in [0.25, 0.3) is 6.08 Å². The molecule has 0 bridgehead atoms. The molecular formula is C32H25ClN2O4. The molecule has 1 aliphatic rings. The smallest absolute Gasteiger partial charge is 0.343 e.